The van der Waals surface area contributed by atoms with Crippen molar-refractivity contribution in [2.75, 3.05) is 13.2 Å². The Morgan fingerprint density at radius 3 is 2.81 bits per heavy atom. The maximum absolute atomic E-state index is 12.0. The fourth-order valence-electron chi connectivity index (χ4n) is 2.57. The third-order valence-corrected chi connectivity index (χ3v) is 4.28. The van der Waals surface area contributed by atoms with Crippen LogP contribution in [0.4, 0.5) is 0 Å². The topological polar surface area (TPSA) is 88.8 Å². The van der Waals surface area contributed by atoms with E-state index < -0.39 is 11.7 Å². The molecule has 1 heterocycles. The normalized spacial score (nSPS) is 12.2. The third-order valence-electron chi connectivity index (χ3n) is 3.99. The predicted octanol–water partition coefficient (Wildman–Crippen LogP) is 3.05. The van der Waals surface area contributed by atoms with Crippen molar-refractivity contribution >= 4 is 28.5 Å². The van der Waals surface area contributed by atoms with Gasteiger partial charge in [0.05, 0.1) is 5.02 Å². The molecule has 1 amide bonds. The Bertz CT molecular complexity index is 817. The standard InChI is InChI=1S/C19H24ClNO5/c1-3-4-6-13-9-18(23)26-16-11-17(15(20)10-14(13)16)25-12(2)19(24)21-7-5-8-22/h9-12,22H,3-8H2,1-2H3,(H,21,24)/t12-/m0/s1. The minimum absolute atomic E-state index is 0.00538. The molecule has 0 spiro atoms. The van der Waals surface area contributed by atoms with Crippen LogP contribution in [0.15, 0.2) is 27.4 Å². The van der Waals surface area contributed by atoms with Crippen LogP contribution < -0.4 is 15.7 Å². The quantitative estimate of drug-likeness (QED) is 0.514. The average molecular weight is 382 g/mol. The Labute approximate surface area is 157 Å². The number of hydrogen-bond acceptors (Lipinski definition) is 5. The number of rotatable bonds is 9. The van der Waals surface area contributed by atoms with E-state index in [2.05, 4.69) is 12.2 Å². The second kappa shape index (κ2) is 9.59. The van der Waals surface area contributed by atoms with Gasteiger partial charge >= 0.3 is 5.63 Å². The number of aliphatic hydroxyl groups excluding tert-OH is 1. The highest BCUT2D eigenvalue weighted by molar-refractivity contribution is 6.32. The lowest BCUT2D eigenvalue weighted by Gasteiger charge is -2.16. The first-order valence-electron chi connectivity index (χ1n) is 8.77. The summed E-state index contributed by atoms with van der Waals surface area (Å²) in [5, 5.41) is 12.5. The Kier molecular flexibility index (Phi) is 7.48. The van der Waals surface area contributed by atoms with E-state index >= 15 is 0 Å². The Balaban J connectivity index is 2.25. The predicted molar refractivity (Wildman–Crippen MR) is 101 cm³/mol. The lowest BCUT2D eigenvalue weighted by Crippen LogP contribution is -2.37. The van der Waals surface area contributed by atoms with Gasteiger partial charge in [-0.2, -0.15) is 0 Å². The van der Waals surface area contributed by atoms with Crippen LogP contribution in [0.25, 0.3) is 11.0 Å². The number of aryl methyl sites for hydroxylation is 1. The van der Waals surface area contributed by atoms with E-state index in [1.165, 1.54) is 6.07 Å². The molecule has 0 aliphatic carbocycles. The fourth-order valence-corrected chi connectivity index (χ4v) is 2.78. The van der Waals surface area contributed by atoms with Crippen molar-refractivity contribution < 1.29 is 19.1 Å². The van der Waals surface area contributed by atoms with Gasteiger partial charge in [0, 0.05) is 30.7 Å². The molecule has 26 heavy (non-hydrogen) atoms. The summed E-state index contributed by atoms with van der Waals surface area (Å²) in [6.45, 7) is 4.05. The van der Waals surface area contributed by atoms with Crippen LogP contribution in [-0.2, 0) is 11.2 Å². The lowest BCUT2D eigenvalue weighted by atomic mass is 10.0. The fraction of sp³-hybridized carbons (Fsp3) is 0.474. The van der Waals surface area contributed by atoms with E-state index in [9.17, 15) is 9.59 Å². The van der Waals surface area contributed by atoms with E-state index in [1.807, 2.05) is 0 Å². The summed E-state index contributed by atoms with van der Waals surface area (Å²) in [6, 6.07) is 4.74. The molecule has 0 fully saturated rings. The zero-order valence-electron chi connectivity index (χ0n) is 15.0. The molecule has 2 rings (SSSR count). The zero-order valence-corrected chi connectivity index (χ0v) is 15.8. The maximum atomic E-state index is 12.0. The van der Waals surface area contributed by atoms with Crippen LogP contribution >= 0.6 is 11.6 Å². The minimum atomic E-state index is -0.779. The molecule has 0 saturated heterocycles. The lowest BCUT2D eigenvalue weighted by molar-refractivity contribution is -0.127. The van der Waals surface area contributed by atoms with E-state index in [4.69, 9.17) is 25.9 Å². The molecular formula is C19H24ClNO5. The smallest absolute Gasteiger partial charge is 0.336 e. The zero-order chi connectivity index (χ0) is 19.1. The number of hydrogen-bond donors (Lipinski definition) is 2. The van der Waals surface area contributed by atoms with Gasteiger partial charge in [-0.1, -0.05) is 24.9 Å². The van der Waals surface area contributed by atoms with Gasteiger partial charge in [-0.15, -0.1) is 0 Å². The highest BCUT2D eigenvalue weighted by Crippen LogP contribution is 2.32. The Morgan fingerprint density at radius 1 is 1.35 bits per heavy atom. The van der Waals surface area contributed by atoms with Crippen molar-refractivity contribution in [1.29, 1.82) is 0 Å². The molecule has 0 radical (unpaired) electrons. The van der Waals surface area contributed by atoms with Crippen molar-refractivity contribution in [2.45, 2.75) is 45.6 Å². The molecule has 2 aromatic rings. The summed E-state index contributed by atoms with van der Waals surface area (Å²) in [5.41, 5.74) is 0.851. The van der Waals surface area contributed by atoms with Crippen LogP contribution in [0, 0.1) is 0 Å². The summed E-state index contributed by atoms with van der Waals surface area (Å²) in [5.74, 6) is -0.0347. The summed E-state index contributed by atoms with van der Waals surface area (Å²) in [4.78, 5) is 23.8. The van der Waals surface area contributed by atoms with Gasteiger partial charge in [0.1, 0.15) is 11.3 Å². The molecule has 1 aromatic carbocycles. The van der Waals surface area contributed by atoms with E-state index in [0.717, 1.165) is 30.2 Å². The molecule has 6 nitrogen and oxygen atoms in total. The second-order valence-electron chi connectivity index (χ2n) is 6.10. The molecule has 0 saturated carbocycles. The maximum Gasteiger partial charge on any atom is 0.336 e. The van der Waals surface area contributed by atoms with E-state index in [-0.39, 0.29) is 18.3 Å². The van der Waals surface area contributed by atoms with Gasteiger partial charge in [-0.25, -0.2) is 4.79 Å². The van der Waals surface area contributed by atoms with Crippen LogP contribution in [-0.4, -0.2) is 30.3 Å². The molecule has 1 aromatic heterocycles. The van der Waals surface area contributed by atoms with Gasteiger partial charge < -0.3 is 19.6 Å². The van der Waals surface area contributed by atoms with Crippen molar-refractivity contribution in [3.63, 3.8) is 0 Å². The van der Waals surface area contributed by atoms with Crippen molar-refractivity contribution in [3.8, 4) is 5.75 Å². The van der Waals surface area contributed by atoms with Gasteiger partial charge in [-0.05, 0) is 37.8 Å². The van der Waals surface area contributed by atoms with E-state index in [1.54, 1.807) is 19.1 Å². The molecule has 0 unspecified atom stereocenters. The minimum Gasteiger partial charge on any atom is -0.479 e. The van der Waals surface area contributed by atoms with Crippen molar-refractivity contribution in [2.24, 2.45) is 0 Å². The number of nitrogens with one attached hydrogen (secondary N) is 1. The Morgan fingerprint density at radius 2 is 2.12 bits per heavy atom. The number of carbonyl (C=O) groups is 1. The summed E-state index contributed by atoms with van der Waals surface area (Å²) in [7, 11) is 0. The van der Waals surface area contributed by atoms with Gasteiger partial charge in [-0.3, -0.25) is 4.79 Å². The first kappa shape index (κ1) is 20.3. The molecule has 1 atom stereocenters. The summed E-state index contributed by atoms with van der Waals surface area (Å²) < 4.78 is 10.9. The SMILES string of the molecule is CCCCc1cc(=O)oc2cc(O[C@@H](C)C(=O)NCCCO)c(Cl)cc12. The number of unbranched alkanes of at least 4 members (excludes halogenated alkanes) is 1. The molecule has 0 aliphatic heterocycles. The number of ether oxygens (including phenoxy) is 1. The summed E-state index contributed by atoms with van der Waals surface area (Å²) >= 11 is 6.32. The monoisotopic (exact) mass is 381 g/mol. The number of amides is 1. The molecule has 0 aliphatic rings. The number of halogens is 1. The van der Waals surface area contributed by atoms with Crippen LogP contribution in [0.5, 0.6) is 5.75 Å². The molecule has 142 valence electrons. The van der Waals surface area contributed by atoms with Crippen LogP contribution in [0.1, 0.15) is 38.7 Å². The largest absolute Gasteiger partial charge is 0.479 e. The molecular weight excluding hydrogens is 358 g/mol. The van der Waals surface area contributed by atoms with Gasteiger partial charge in [0.15, 0.2) is 6.10 Å². The molecule has 7 heteroatoms. The molecule has 0 bridgehead atoms. The first-order chi connectivity index (χ1) is 12.5. The van der Waals surface area contributed by atoms with Crippen molar-refractivity contribution in [1.82, 2.24) is 5.32 Å². The number of benzene rings is 1. The van der Waals surface area contributed by atoms with Crippen molar-refractivity contribution in [3.05, 3.63) is 39.2 Å². The van der Waals surface area contributed by atoms with Crippen LogP contribution in [0.2, 0.25) is 5.02 Å². The number of carbonyl (C=O) groups excluding carboxylic acids is 1. The van der Waals surface area contributed by atoms with E-state index in [0.29, 0.717) is 23.6 Å². The van der Waals surface area contributed by atoms with Gasteiger partial charge in [0.25, 0.3) is 5.91 Å². The first-order valence-corrected chi connectivity index (χ1v) is 9.15. The second-order valence-corrected chi connectivity index (χ2v) is 6.51. The highest BCUT2D eigenvalue weighted by Gasteiger charge is 2.17. The Hall–Kier alpha value is -2.05. The average Bonchev–Trinajstić information content (AvgIpc) is 2.60. The highest BCUT2D eigenvalue weighted by atomic mass is 35.5. The van der Waals surface area contributed by atoms with Gasteiger partial charge in [0.2, 0.25) is 0 Å². The third kappa shape index (κ3) is 5.22. The number of aliphatic hydroxyl groups is 1. The summed E-state index contributed by atoms with van der Waals surface area (Å²) in [6.07, 6.45) is 2.43. The molecule has 2 N–H and O–H groups in total. The number of fused-ring (bicyclic) bond motifs is 1. The van der Waals surface area contributed by atoms with Crippen LogP contribution in [0.3, 0.4) is 0 Å².